The minimum Gasteiger partial charge on any atom is -0.326 e. The maximum Gasteiger partial charge on any atom is 0.226 e. The molecule has 0 saturated heterocycles. The van der Waals surface area contributed by atoms with Gasteiger partial charge >= 0.3 is 0 Å². The topological polar surface area (TPSA) is 55.1 Å². The third-order valence-electron chi connectivity index (χ3n) is 3.85. The minimum atomic E-state index is -0.281. The fraction of sp³-hybridized carbons (Fsp3) is 0.400. The predicted molar refractivity (Wildman–Crippen MR) is 80.5 cm³/mol. The molecule has 19 heavy (non-hydrogen) atoms. The largest absolute Gasteiger partial charge is 0.326 e. The Morgan fingerprint density at radius 2 is 2.11 bits per heavy atom. The molecule has 0 radical (unpaired) electrons. The number of benzene rings is 1. The molecule has 3 rings (SSSR count). The molecule has 0 spiro atoms. The number of fused-ring (bicyclic) bond motifs is 1. The molecule has 3 nitrogen and oxygen atoms in total. The molecule has 100 valence electrons. The van der Waals surface area contributed by atoms with Crippen LogP contribution in [0.2, 0.25) is 0 Å². The van der Waals surface area contributed by atoms with Crippen molar-refractivity contribution in [3.63, 3.8) is 0 Å². The highest BCUT2D eigenvalue weighted by molar-refractivity contribution is 7.17. The smallest absolute Gasteiger partial charge is 0.226 e. The molecule has 4 heteroatoms. The second kappa shape index (κ2) is 4.94. The summed E-state index contributed by atoms with van der Waals surface area (Å²) in [5.74, 6) is 0.0268. The standard InChI is InChI=1S/C15H18N2OS/c16-15(6-1-2-7-15)10-14(18)17-12-3-4-13-11(9-12)5-8-19-13/h3-5,8-9H,1-2,6-7,10,16H2,(H,17,18). The molecule has 1 aromatic heterocycles. The summed E-state index contributed by atoms with van der Waals surface area (Å²) < 4.78 is 1.24. The first-order valence-electron chi connectivity index (χ1n) is 6.71. The van der Waals surface area contributed by atoms with Crippen molar-refractivity contribution >= 4 is 33.0 Å². The Morgan fingerprint density at radius 1 is 1.32 bits per heavy atom. The summed E-state index contributed by atoms with van der Waals surface area (Å²) in [5.41, 5.74) is 6.81. The van der Waals surface area contributed by atoms with Crippen molar-refractivity contribution in [1.29, 1.82) is 0 Å². The quantitative estimate of drug-likeness (QED) is 0.900. The van der Waals surface area contributed by atoms with Gasteiger partial charge in [-0.2, -0.15) is 0 Å². The van der Waals surface area contributed by atoms with Gasteiger partial charge in [-0.3, -0.25) is 4.79 Å². The number of hydrogen-bond donors (Lipinski definition) is 2. The highest BCUT2D eigenvalue weighted by Crippen LogP contribution is 2.30. The van der Waals surface area contributed by atoms with E-state index in [9.17, 15) is 4.79 Å². The van der Waals surface area contributed by atoms with Crippen molar-refractivity contribution < 1.29 is 4.79 Å². The van der Waals surface area contributed by atoms with Crippen LogP contribution in [0.25, 0.3) is 10.1 Å². The zero-order chi connectivity index (χ0) is 13.3. The number of amides is 1. The van der Waals surface area contributed by atoms with E-state index in [1.807, 2.05) is 18.2 Å². The summed E-state index contributed by atoms with van der Waals surface area (Å²) >= 11 is 1.71. The molecule has 0 bridgehead atoms. The highest BCUT2D eigenvalue weighted by atomic mass is 32.1. The Labute approximate surface area is 116 Å². The number of hydrogen-bond acceptors (Lipinski definition) is 3. The van der Waals surface area contributed by atoms with Gasteiger partial charge in [-0.15, -0.1) is 11.3 Å². The predicted octanol–water partition coefficient (Wildman–Crippen LogP) is 3.50. The zero-order valence-electron chi connectivity index (χ0n) is 10.8. The van der Waals surface area contributed by atoms with E-state index in [1.54, 1.807) is 11.3 Å². The molecule has 1 aliphatic carbocycles. The Bertz CT molecular complexity index is 599. The Morgan fingerprint density at radius 3 is 2.89 bits per heavy atom. The third kappa shape index (κ3) is 2.80. The Hall–Kier alpha value is -1.39. The molecule has 0 aliphatic heterocycles. The van der Waals surface area contributed by atoms with E-state index >= 15 is 0 Å². The van der Waals surface area contributed by atoms with Crippen molar-refractivity contribution in [2.75, 3.05) is 5.32 Å². The van der Waals surface area contributed by atoms with Crippen LogP contribution in [0.4, 0.5) is 5.69 Å². The van der Waals surface area contributed by atoms with Gasteiger partial charge in [0, 0.05) is 22.3 Å². The van der Waals surface area contributed by atoms with Crippen LogP contribution >= 0.6 is 11.3 Å². The van der Waals surface area contributed by atoms with E-state index in [1.165, 1.54) is 10.1 Å². The van der Waals surface area contributed by atoms with E-state index in [-0.39, 0.29) is 11.4 Å². The van der Waals surface area contributed by atoms with Gasteiger partial charge in [0.1, 0.15) is 0 Å². The van der Waals surface area contributed by atoms with Crippen LogP contribution in [0.3, 0.4) is 0 Å². The lowest BCUT2D eigenvalue weighted by atomic mass is 9.94. The van der Waals surface area contributed by atoms with Crippen molar-refractivity contribution in [1.82, 2.24) is 0 Å². The number of thiophene rings is 1. The number of nitrogens with one attached hydrogen (secondary N) is 1. The fourth-order valence-corrected chi connectivity index (χ4v) is 3.60. The van der Waals surface area contributed by atoms with Crippen LogP contribution in [-0.2, 0) is 4.79 Å². The fourth-order valence-electron chi connectivity index (χ4n) is 2.83. The molecule has 1 heterocycles. The number of carbonyl (C=O) groups is 1. The van der Waals surface area contributed by atoms with Crippen LogP contribution in [0.1, 0.15) is 32.1 Å². The van der Waals surface area contributed by atoms with Crippen LogP contribution in [-0.4, -0.2) is 11.4 Å². The lowest BCUT2D eigenvalue weighted by molar-refractivity contribution is -0.117. The van der Waals surface area contributed by atoms with Gasteiger partial charge < -0.3 is 11.1 Å². The normalized spacial score (nSPS) is 17.7. The van der Waals surface area contributed by atoms with Gasteiger partial charge in [0.05, 0.1) is 0 Å². The molecule has 1 aliphatic rings. The monoisotopic (exact) mass is 274 g/mol. The number of anilines is 1. The van der Waals surface area contributed by atoms with Gasteiger partial charge in [-0.25, -0.2) is 0 Å². The first kappa shape index (κ1) is 12.6. The summed E-state index contributed by atoms with van der Waals surface area (Å²) in [5, 5.41) is 6.19. The molecule has 0 unspecified atom stereocenters. The minimum absolute atomic E-state index is 0.0268. The van der Waals surface area contributed by atoms with E-state index in [2.05, 4.69) is 16.8 Å². The van der Waals surface area contributed by atoms with Crippen LogP contribution in [0.5, 0.6) is 0 Å². The second-order valence-corrected chi connectivity index (χ2v) is 6.42. The number of nitrogens with two attached hydrogens (primary N) is 1. The number of carbonyl (C=O) groups excluding carboxylic acids is 1. The van der Waals surface area contributed by atoms with Gasteiger partial charge in [0.2, 0.25) is 5.91 Å². The summed E-state index contributed by atoms with van der Waals surface area (Å²) in [7, 11) is 0. The Kier molecular flexibility index (Phi) is 3.29. The van der Waals surface area contributed by atoms with Gasteiger partial charge in [-0.05, 0) is 47.9 Å². The Balaban J connectivity index is 1.68. The maximum absolute atomic E-state index is 12.1. The van der Waals surface area contributed by atoms with Crippen molar-refractivity contribution in [3.8, 4) is 0 Å². The van der Waals surface area contributed by atoms with Crippen LogP contribution in [0.15, 0.2) is 29.6 Å². The van der Waals surface area contributed by atoms with Crippen molar-refractivity contribution in [3.05, 3.63) is 29.6 Å². The maximum atomic E-state index is 12.1. The zero-order valence-corrected chi connectivity index (χ0v) is 11.6. The van der Waals surface area contributed by atoms with Crippen LogP contribution in [0, 0.1) is 0 Å². The van der Waals surface area contributed by atoms with Crippen molar-refractivity contribution in [2.45, 2.75) is 37.6 Å². The highest BCUT2D eigenvalue weighted by Gasteiger charge is 2.31. The number of rotatable bonds is 3. The SMILES string of the molecule is NC1(CC(=O)Nc2ccc3sccc3c2)CCCC1. The molecule has 1 amide bonds. The average molecular weight is 274 g/mol. The van der Waals surface area contributed by atoms with E-state index in [4.69, 9.17) is 5.73 Å². The lowest BCUT2D eigenvalue weighted by Crippen LogP contribution is -2.40. The molecule has 1 saturated carbocycles. The van der Waals surface area contributed by atoms with E-state index < -0.39 is 0 Å². The first-order chi connectivity index (χ1) is 9.15. The molecular weight excluding hydrogens is 256 g/mol. The van der Waals surface area contributed by atoms with Gasteiger partial charge in [0.15, 0.2) is 0 Å². The molecule has 2 aromatic rings. The molecule has 0 atom stereocenters. The van der Waals surface area contributed by atoms with Crippen molar-refractivity contribution in [2.24, 2.45) is 5.73 Å². The molecular formula is C15H18N2OS. The second-order valence-electron chi connectivity index (χ2n) is 5.47. The van der Waals surface area contributed by atoms with E-state index in [0.717, 1.165) is 31.4 Å². The third-order valence-corrected chi connectivity index (χ3v) is 4.75. The molecule has 1 aromatic carbocycles. The summed E-state index contributed by atoms with van der Waals surface area (Å²) in [4.78, 5) is 12.1. The van der Waals surface area contributed by atoms with E-state index in [0.29, 0.717) is 6.42 Å². The summed E-state index contributed by atoms with van der Waals surface area (Å²) in [6, 6.07) is 8.08. The van der Waals surface area contributed by atoms with Gasteiger partial charge in [-0.1, -0.05) is 12.8 Å². The molecule has 3 N–H and O–H groups in total. The van der Waals surface area contributed by atoms with Crippen LogP contribution < -0.4 is 11.1 Å². The van der Waals surface area contributed by atoms with Gasteiger partial charge in [0.25, 0.3) is 0 Å². The summed E-state index contributed by atoms with van der Waals surface area (Å²) in [6.45, 7) is 0. The lowest BCUT2D eigenvalue weighted by Gasteiger charge is -2.22. The molecule has 1 fully saturated rings. The first-order valence-corrected chi connectivity index (χ1v) is 7.59. The average Bonchev–Trinajstić information content (AvgIpc) is 2.97. The summed E-state index contributed by atoms with van der Waals surface area (Å²) in [6.07, 6.45) is 4.64.